The van der Waals surface area contributed by atoms with Crippen molar-refractivity contribution in [2.45, 2.75) is 37.8 Å². The molecule has 40 heavy (non-hydrogen) atoms. The molecule has 210 valence electrons. The van der Waals surface area contributed by atoms with Gasteiger partial charge in [0, 0.05) is 57.3 Å². The lowest BCUT2D eigenvalue weighted by Gasteiger charge is -2.33. The van der Waals surface area contributed by atoms with Gasteiger partial charge in [0.05, 0.1) is 30.8 Å². The molecular formula is C27H32N8O5. The van der Waals surface area contributed by atoms with E-state index < -0.39 is 6.10 Å². The Bertz CT molecular complexity index is 1410. The minimum atomic E-state index is -0.654. The van der Waals surface area contributed by atoms with E-state index in [2.05, 4.69) is 15.5 Å². The van der Waals surface area contributed by atoms with Gasteiger partial charge >= 0.3 is 12.0 Å². The number of piperidine rings is 1. The van der Waals surface area contributed by atoms with E-state index in [9.17, 15) is 14.4 Å². The third-order valence-electron chi connectivity index (χ3n) is 7.65. The Kier molecular flexibility index (Phi) is 7.20. The highest BCUT2D eigenvalue weighted by atomic mass is 16.6. The van der Waals surface area contributed by atoms with Gasteiger partial charge in [0.2, 0.25) is 0 Å². The van der Waals surface area contributed by atoms with Gasteiger partial charge in [-0.15, -0.1) is 0 Å². The fourth-order valence-electron chi connectivity index (χ4n) is 5.45. The zero-order chi connectivity index (χ0) is 27.6. The molecule has 13 nitrogen and oxygen atoms in total. The van der Waals surface area contributed by atoms with Gasteiger partial charge in [-0.3, -0.25) is 9.59 Å². The van der Waals surface area contributed by atoms with Gasteiger partial charge in [-0.2, -0.15) is 5.10 Å². The van der Waals surface area contributed by atoms with Crippen molar-refractivity contribution in [2.75, 3.05) is 56.7 Å². The second-order valence-electron chi connectivity index (χ2n) is 10.2. The normalized spacial score (nSPS) is 20.0. The molecule has 0 aliphatic carbocycles. The summed E-state index contributed by atoms with van der Waals surface area (Å²) >= 11 is 0. The topological polar surface area (TPSA) is 144 Å². The van der Waals surface area contributed by atoms with Crippen molar-refractivity contribution < 1.29 is 23.9 Å². The van der Waals surface area contributed by atoms with Crippen LogP contribution in [0, 0.1) is 0 Å². The highest BCUT2D eigenvalue weighted by Crippen LogP contribution is 2.33. The van der Waals surface area contributed by atoms with E-state index in [1.54, 1.807) is 11.9 Å². The maximum absolute atomic E-state index is 12.8. The average molecular weight is 549 g/mol. The fraction of sp³-hybridized carbons (Fsp3) is 0.481. The number of benzene rings is 1. The number of aromatic nitrogens is 4. The molecule has 1 atom stereocenters. The van der Waals surface area contributed by atoms with E-state index in [0.717, 1.165) is 48.3 Å². The number of hydrogen-bond donors (Lipinski definition) is 2. The number of nitrogens with zero attached hydrogens (tertiary/aromatic N) is 6. The monoisotopic (exact) mass is 548 g/mol. The van der Waals surface area contributed by atoms with Crippen LogP contribution in [0.2, 0.25) is 0 Å². The van der Waals surface area contributed by atoms with Crippen molar-refractivity contribution >= 4 is 40.4 Å². The van der Waals surface area contributed by atoms with E-state index in [-0.39, 0.29) is 23.9 Å². The molecule has 0 radical (unpaired) electrons. The third-order valence-corrected chi connectivity index (χ3v) is 7.65. The summed E-state index contributed by atoms with van der Waals surface area (Å²) in [6.45, 7) is 3.81. The average Bonchev–Trinajstić information content (AvgIpc) is 3.63. The molecule has 3 saturated heterocycles. The molecule has 3 amide bonds. The molecule has 0 spiro atoms. The van der Waals surface area contributed by atoms with Gasteiger partial charge in [0.25, 0.3) is 5.91 Å². The molecule has 0 unspecified atom stereocenters. The van der Waals surface area contributed by atoms with Crippen LogP contribution in [0.5, 0.6) is 0 Å². The SMILES string of the molecule is CNC(=O)Nc1ccc(-c2nc(N3CCOCC3)c3cnn(C4CCN(C(=O)[C@@H]5CCC(=O)O5)CC4)c3n2)cc1. The van der Waals surface area contributed by atoms with E-state index in [1.807, 2.05) is 35.1 Å². The summed E-state index contributed by atoms with van der Waals surface area (Å²) < 4.78 is 12.7. The number of esters is 1. The summed E-state index contributed by atoms with van der Waals surface area (Å²) in [5.41, 5.74) is 2.22. The standard InChI is InChI=1S/C27H32N8O5/c1-28-27(38)30-18-4-2-17(3-5-18)23-31-24(33-12-14-39-15-13-33)20-16-29-35(25(20)32-23)19-8-10-34(11-9-19)26(37)21-6-7-22(36)40-21/h2-5,16,19,21H,6-15H2,1H3,(H2,28,30,38)/t21-/m0/s1. The Morgan fingerprint density at radius 3 is 2.42 bits per heavy atom. The molecule has 13 heteroatoms. The lowest BCUT2D eigenvalue weighted by molar-refractivity contribution is -0.153. The number of carbonyl (C=O) groups is 3. The number of morpholine rings is 1. The van der Waals surface area contributed by atoms with E-state index >= 15 is 0 Å². The Morgan fingerprint density at radius 1 is 1.00 bits per heavy atom. The van der Waals surface area contributed by atoms with Crippen molar-refractivity contribution in [3.05, 3.63) is 30.5 Å². The van der Waals surface area contributed by atoms with Crippen molar-refractivity contribution in [1.82, 2.24) is 30.0 Å². The van der Waals surface area contributed by atoms with Crippen molar-refractivity contribution in [2.24, 2.45) is 0 Å². The van der Waals surface area contributed by atoms with Crippen LogP contribution in [0.15, 0.2) is 30.5 Å². The molecule has 2 N–H and O–H groups in total. The minimum absolute atomic E-state index is 0.0621. The first-order chi connectivity index (χ1) is 19.5. The van der Waals surface area contributed by atoms with Gasteiger partial charge < -0.3 is 29.9 Å². The predicted octanol–water partition coefficient (Wildman–Crippen LogP) is 1.95. The second-order valence-corrected chi connectivity index (χ2v) is 10.2. The molecule has 1 aromatic carbocycles. The van der Waals surface area contributed by atoms with Gasteiger partial charge in [-0.1, -0.05) is 0 Å². The number of cyclic esters (lactones) is 1. The number of amides is 3. The van der Waals surface area contributed by atoms with Gasteiger partial charge in [0.1, 0.15) is 5.82 Å². The maximum Gasteiger partial charge on any atom is 0.318 e. The number of nitrogens with one attached hydrogen (secondary N) is 2. The Morgan fingerprint density at radius 2 is 1.75 bits per heavy atom. The van der Waals surface area contributed by atoms with Crippen LogP contribution in [0.4, 0.5) is 16.3 Å². The Balaban J connectivity index is 1.28. The van der Waals surface area contributed by atoms with Crippen molar-refractivity contribution in [3.8, 4) is 11.4 Å². The van der Waals surface area contributed by atoms with Crippen LogP contribution in [-0.4, -0.2) is 95.1 Å². The molecule has 3 aliphatic rings. The van der Waals surface area contributed by atoms with Crippen LogP contribution < -0.4 is 15.5 Å². The lowest BCUT2D eigenvalue weighted by atomic mass is 10.0. The maximum atomic E-state index is 12.8. The summed E-state index contributed by atoms with van der Waals surface area (Å²) in [7, 11) is 1.57. The Labute approximate surface area is 230 Å². The highest BCUT2D eigenvalue weighted by molar-refractivity contribution is 5.90. The van der Waals surface area contributed by atoms with Crippen molar-refractivity contribution in [1.29, 1.82) is 0 Å². The molecule has 2 aromatic heterocycles. The number of fused-ring (bicyclic) bond motifs is 1. The summed E-state index contributed by atoms with van der Waals surface area (Å²) in [5.74, 6) is 0.971. The first-order valence-corrected chi connectivity index (χ1v) is 13.7. The molecule has 3 fully saturated rings. The van der Waals surface area contributed by atoms with Gasteiger partial charge in [-0.25, -0.2) is 19.4 Å². The first kappa shape index (κ1) is 26.0. The van der Waals surface area contributed by atoms with Crippen molar-refractivity contribution in [3.63, 3.8) is 0 Å². The molecular weight excluding hydrogens is 516 g/mol. The highest BCUT2D eigenvalue weighted by Gasteiger charge is 2.35. The van der Waals surface area contributed by atoms with Crippen LogP contribution in [0.3, 0.4) is 0 Å². The molecule has 0 saturated carbocycles. The molecule has 0 bridgehead atoms. The number of rotatable bonds is 5. The van der Waals surface area contributed by atoms with Crippen LogP contribution in [0.1, 0.15) is 31.7 Å². The fourth-order valence-corrected chi connectivity index (χ4v) is 5.45. The molecule has 6 rings (SSSR count). The summed E-state index contributed by atoms with van der Waals surface area (Å²) in [6.07, 6.45) is 3.36. The largest absolute Gasteiger partial charge is 0.452 e. The zero-order valence-electron chi connectivity index (χ0n) is 22.3. The quantitative estimate of drug-likeness (QED) is 0.457. The number of hydrogen-bond acceptors (Lipinski definition) is 9. The number of ether oxygens (including phenoxy) is 2. The second kappa shape index (κ2) is 11.1. The van der Waals surface area contributed by atoms with E-state index in [0.29, 0.717) is 50.7 Å². The van der Waals surface area contributed by atoms with E-state index in [4.69, 9.17) is 24.5 Å². The van der Waals surface area contributed by atoms with Gasteiger partial charge in [0.15, 0.2) is 17.6 Å². The molecule has 5 heterocycles. The summed E-state index contributed by atoms with van der Waals surface area (Å²) in [5, 5.41) is 10.9. The number of carbonyl (C=O) groups excluding carboxylic acids is 3. The predicted molar refractivity (Wildman–Crippen MR) is 146 cm³/mol. The summed E-state index contributed by atoms with van der Waals surface area (Å²) in [6, 6.07) is 7.18. The number of anilines is 2. The summed E-state index contributed by atoms with van der Waals surface area (Å²) in [4.78, 5) is 49.9. The molecule has 3 aliphatic heterocycles. The minimum Gasteiger partial charge on any atom is -0.452 e. The smallest absolute Gasteiger partial charge is 0.318 e. The molecule has 3 aromatic rings. The van der Waals surface area contributed by atoms with E-state index in [1.165, 1.54) is 0 Å². The lowest BCUT2D eigenvalue weighted by Crippen LogP contribution is -2.44. The van der Waals surface area contributed by atoms with Gasteiger partial charge in [-0.05, 0) is 37.1 Å². The van der Waals surface area contributed by atoms with Crippen LogP contribution in [0.25, 0.3) is 22.4 Å². The Hall–Kier alpha value is -4.26. The van der Waals surface area contributed by atoms with Crippen LogP contribution >= 0.6 is 0 Å². The van der Waals surface area contributed by atoms with Crippen LogP contribution in [-0.2, 0) is 19.1 Å². The third kappa shape index (κ3) is 5.16. The first-order valence-electron chi connectivity index (χ1n) is 13.7. The number of urea groups is 1. The zero-order valence-corrected chi connectivity index (χ0v) is 22.3. The number of likely N-dealkylation sites (tertiary alicyclic amines) is 1.